The van der Waals surface area contributed by atoms with Crippen molar-refractivity contribution in [2.24, 2.45) is 0 Å². The van der Waals surface area contributed by atoms with Gasteiger partial charge in [0.1, 0.15) is 11.5 Å². The first-order valence-electron chi connectivity index (χ1n) is 6.72. The van der Waals surface area contributed by atoms with Gasteiger partial charge in [-0.2, -0.15) is 0 Å². The second-order valence-electron chi connectivity index (χ2n) is 4.17. The number of phenols is 2. The molecule has 0 radical (unpaired) electrons. The quantitative estimate of drug-likeness (QED) is 0.277. The van der Waals surface area contributed by atoms with Crippen molar-refractivity contribution in [2.75, 3.05) is 0 Å². The molecule has 33 heavy (non-hydrogen) atoms. The number of phenolic OH excluding ortho intramolecular Hbond substituents is 2. The zero-order chi connectivity index (χ0) is 23.7. The van der Waals surface area contributed by atoms with Crippen LogP contribution in [0.1, 0.15) is 0 Å². The monoisotopic (exact) mass is 572 g/mol. The summed E-state index contributed by atoms with van der Waals surface area (Å²) < 4.78 is 0. The molecule has 2 N–H and O–H groups in total. The van der Waals surface area contributed by atoms with Gasteiger partial charge in [0.05, 0.1) is 0 Å². The normalized spacial score (nSPS) is 9.09. The standard InChI is InChI=1S/2C6H6O.4Al.3O4Si/c2*7-6-4-2-1-3-5-6;;;;;3*1-5(2,3)4/h2*1-5,7H;;;;;;;/q;;4*+3;3*-4. The third-order valence-electron chi connectivity index (χ3n) is 1.51. The molecule has 2 rings (SSSR count). The van der Waals surface area contributed by atoms with Crippen LogP contribution in [0.2, 0.25) is 0 Å². The minimum Gasteiger partial charge on any atom is -0.894 e. The van der Waals surface area contributed by atoms with Gasteiger partial charge in [-0.1, -0.05) is 36.4 Å². The molecule has 0 unspecified atom stereocenters. The minimum absolute atomic E-state index is 0. The molecule has 168 valence electrons. The predicted octanol–water partition coefficient (Wildman–Crippen LogP) is -14.1. The van der Waals surface area contributed by atoms with Gasteiger partial charge in [-0.05, 0) is 24.3 Å². The molecular weight excluding hydrogens is 560 g/mol. The molecule has 2 aromatic carbocycles. The summed E-state index contributed by atoms with van der Waals surface area (Å²) >= 11 is 0. The van der Waals surface area contributed by atoms with E-state index in [2.05, 4.69) is 0 Å². The number of rotatable bonds is 0. The van der Waals surface area contributed by atoms with E-state index < -0.39 is 27.1 Å². The van der Waals surface area contributed by atoms with Crippen LogP contribution in [-0.4, -0.2) is 107 Å². The maximum Gasteiger partial charge on any atom is 3.00 e. The van der Waals surface area contributed by atoms with Gasteiger partial charge in [0, 0.05) is 0 Å². The smallest absolute Gasteiger partial charge is 0.894 e. The van der Waals surface area contributed by atoms with Crippen molar-refractivity contribution in [1.29, 1.82) is 0 Å². The first kappa shape index (κ1) is 50.3. The Morgan fingerprint density at radius 1 is 0.364 bits per heavy atom. The molecule has 14 nitrogen and oxygen atoms in total. The average Bonchev–Trinajstić information content (AvgIpc) is 2.44. The molecule has 2 aromatic rings. The van der Waals surface area contributed by atoms with Crippen molar-refractivity contribution in [3.05, 3.63) is 60.7 Å². The topological polar surface area (TPSA) is 317 Å². The van der Waals surface area contributed by atoms with Gasteiger partial charge in [-0.25, -0.2) is 0 Å². The third-order valence-corrected chi connectivity index (χ3v) is 1.51. The fourth-order valence-electron chi connectivity index (χ4n) is 0.856. The number of para-hydroxylation sites is 2. The van der Waals surface area contributed by atoms with E-state index in [1.165, 1.54) is 0 Å². The largest absolute Gasteiger partial charge is 3.00 e. The summed E-state index contributed by atoms with van der Waals surface area (Å²) in [5, 5.41) is 17.3. The van der Waals surface area contributed by atoms with Gasteiger partial charge in [-0.15, -0.1) is 0 Å². The Bertz CT molecular complexity index is 531. The summed E-state index contributed by atoms with van der Waals surface area (Å²) in [6.45, 7) is 0. The molecule has 0 saturated carbocycles. The molecule has 0 aromatic heterocycles. The first-order valence-corrected chi connectivity index (χ1v) is 11.6. The minimum atomic E-state index is -5.61. The van der Waals surface area contributed by atoms with Gasteiger partial charge in [0.15, 0.2) is 0 Å². The van der Waals surface area contributed by atoms with E-state index in [9.17, 15) is 0 Å². The van der Waals surface area contributed by atoms with Crippen molar-refractivity contribution < 1.29 is 67.8 Å². The number of aromatic hydroxyl groups is 2. The summed E-state index contributed by atoms with van der Waals surface area (Å²) in [4.78, 5) is 103. The van der Waals surface area contributed by atoms with E-state index in [0.717, 1.165) is 0 Å². The fraction of sp³-hybridized carbons (Fsp3) is 0. The summed E-state index contributed by atoms with van der Waals surface area (Å²) in [6, 6.07) is 17.4. The van der Waals surface area contributed by atoms with Crippen molar-refractivity contribution in [2.45, 2.75) is 0 Å². The zero-order valence-electron chi connectivity index (χ0n) is 16.4. The molecule has 0 aliphatic rings. The molecule has 0 aliphatic heterocycles. The van der Waals surface area contributed by atoms with Crippen LogP contribution in [0.15, 0.2) is 60.7 Å². The van der Waals surface area contributed by atoms with Gasteiger partial charge in [0.25, 0.3) is 0 Å². The van der Waals surface area contributed by atoms with E-state index in [1.54, 1.807) is 48.5 Å². The first-order chi connectivity index (χ1) is 12.8. The average molecular weight is 572 g/mol. The van der Waals surface area contributed by atoms with Crippen LogP contribution in [0.4, 0.5) is 0 Å². The Balaban J connectivity index is -0.0000000503. The Hall–Kier alpha value is 0.341. The van der Waals surface area contributed by atoms with Gasteiger partial charge in [-0.3, -0.25) is 0 Å². The summed E-state index contributed by atoms with van der Waals surface area (Å²) in [6.07, 6.45) is 0. The summed E-state index contributed by atoms with van der Waals surface area (Å²) in [7, 11) is -16.8. The second kappa shape index (κ2) is 26.9. The number of benzene rings is 2. The fourth-order valence-corrected chi connectivity index (χ4v) is 0.856. The maximum absolute atomic E-state index is 8.63. The van der Waals surface area contributed by atoms with E-state index in [0.29, 0.717) is 11.5 Å². The van der Waals surface area contributed by atoms with Gasteiger partial charge >= 0.3 is 69.4 Å². The maximum atomic E-state index is 8.63. The van der Waals surface area contributed by atoms with E-state index in [-0.39, 0.29) is 69.4 Å². The molecule has 0 fully saturated rings. The molecule has 0 aliphatic carbocycles. The van der Waals surface area contributed by atoms with Crippen LogP contribution in [0.5, 0.6) is 11.5 Å². The SMILES string of the molecule is Oc1ccccc1.Oc1ccccc1.[Al+3].[Al+3].[Al+3].[Al+3].[O-][Si]([O-])([O-])[O-].[O-][Si]([O-])([O-])[O-].[O-][Si]([O-])([O-])[O-]. The summed E-state index contributed by atoms with van der Waals surface area (Å²) in [5.41, 5.74) is 0. The molecule has 0 heterocycles. The third kappa shape index (κ3) is 111. The molecule has 0 bridgehead atoms. The summed E-state index contributed by atoms with van der Waals surface area (Å²) in [5.74, 6) is 0.644. The van der Waals surface area contributed by atoms with E-state index >= 15 is 0 Å². The van der Waals surface area contributed by atoms with Crippen LogP contribution in [-0.2, 0) is 0 Å². The van der Waals surface area contributed by atoms with Crippen LogP contribution in [0.25, 0.3) is 0 Å². The molecular formula is C12H12Al4O14Si3. The molecule has 0 atom stereocenters. The van der Waals surface area contributed by atoms with Crippen LogP contribution in [0, 0.1) is 0 Å². The second-order valence-corrected chi connectivity index (χ2v) is 7.17. The Morgan fingerprint density at radius 3 is 0.545 bits per heavy atom. The zero-order valence-corrected chi connectivity index (χ0v) is 24.0. The van der Waals surface area contributed by atoms with Crippen molar-refractivity contribution in [3.8, 4) is 11.5 Å². The van der Waals surface area contributed by atoms with Crippen LogP contribution in [0.3, 0.4) is 0 Å². The Labute approximate surface area is 235 Å². The van der Waals surface area contributed by atoms with Gasteiger partial charge < -0.3 is 94.9 Å². The number of hydrogen-bond donors (Lipinski definition) is 2. The van der Waals surface area contributed by atoms with Crippen molar-refractivity contribution in [3.63, 3.8) is 0 Å². The Kier molecular flexibility index (Phi) is 41.0. The van der Waals surface area contributed by atoms with Gasteiger partial charge in [0.2, 0.25) is 0 Å². The van der Waals surface area contributed by atoms with E-state index in [4.69, 9.17) is 67.8 Å². The predicted molar refractivity (Wildman–Crippen MR) is 96.5 cm³/mol. The van der Waals surface area contributed by atoms with Crippen LogP contribution >= 0.6 is 0 Å². The van der Waals surface area contributed by atoms with E-state index in [1.807, 2.05) is 12.1 Å². The molecule has 0 amide bonds. The molecule has 0 spiro atoms. The number of hydrogen-bond acceptors (Lipinski definition) is 14. The Morgan fingerprint density at radius 2 is 0.485 bits per heavy atom. The van der Waals surface area contributed by atoms with Crippen LogP contribution < -0.4 is 57.5 Å². The van der Waals surface area contributed by atoms with Crippen molar-refractivity contribution in [1.82, 2.24) is 0 Å². The van der Waals surface area contributed by atoms with Crippen molar-refractivity contribution >= 4 is 96.6 Å². The molecule has 21 heteroatoms. The molecule has 0 saturated heterocycles.